The van der Waals surface area contributed by atoms with E-state index in [9.17, 15) is 19.5 Å². The van der Waals surface area contributed by atoms with E-state index in [1.807, 2.05) is 47.8 Å². The number of fused-ring (bicyclic) bond motifs is 2. The maximum Gasteiger partial charge on any atom is 0.306 e. The highest BCUT2D eigenvalue weighted by Crippen LogP contribution is 2.40. The lowest BCUT2D eigenvalue weighted by Gasteiger charge is -2.33. The first-order valence-corrected chi connectivity index (χ1v) is 19.9. The Balaban J connectivity index is 1.03. The van der Waals surface area contributed by atoms with Crippen LogP contribution in [0.25, 0.3) is 21.7 Å². The van der Waals surface area contributed by atoms with Crippen molar-refractivity contribution in [3.8, 4) is 21.7 Å². The summed E-state index contributed by atoms with van der Waals surface area (Å²) in [5.74, 6) is 0.150. The van der Waals surface area contributed by atoms with E-state index in [0.717, 1.165) is 100.0 Å². The van der Waals surface area contributed by atoms with Crippen LogP contribution in [0.4, 0.5) is 0 Å². The maximum atomic E-state index is 13.8. The summed E-state index contributed by atoms with van der Waals surface area (Å²) in [5.41, 5.74) is 7.77. The number of hydrogen-bond donors (Lipinski definition) is 1. The lowest BCUT2D eigenvalue weighted by molar-refractivity contribution is -0.143. The van der Waals surface area contributed by atoms with Crippen LogP contribution < -0.4 is 0 Å². The molecule has 1 saturated carbocycles. The Kier molecular flexibility index (Phi) is 10.9. The molecule has 0 spiro atoms. The number of benzene rings is 2. The molecular weight excluding hydrogens is 708 g/mol. The molecule has 4 aromatic rings. The molecule has 0 saturated heterocycles. The number of ketones is 1. The van der Waals surface area contributed by atoms with Crippen LogP contribution >= 0.6 is 22.9 Å². The molecule has 0 unspecified atom stereocenters. The van der Waals surface area contributed by atoms with Crippen molar-refractivity contribution in [3.05, 3.63) is 80.3 Å². The van der Waals surface area contributed by atoms with E-state index in [1.165, 1.54) is 0 Å². The van der Waals surface area contributed by atoms with Gasteiger partial charge in [-0.05, 0) is 76.1 Å². The van der Waals surface area contributed by atoms with Crippen molar-refractivity contribution in [1.29, 1.82) is 0 Å². The number of carbonyl (C=O) groups excluding carboxylic acids is 2. The van der Waals surface area contributed by atoms with Crippen LogP contribution in [-0.2, 0) is 49.1 Å². The molecular formula is C41H49ClN6O4S. The quantitative estimate of drug-likeness (QED) is 0.163. The van der Waals surface area contributed by atoms with Crippen molar-refractivity contribution in [2.45, 2.75) is 85.0 Å². The van der Waals surface area contributed by atoms with Gasteiger partial charge in [-0.25, -0.2) is 9.97 Å². The second-order valence-corrected chi connectivity index (χ2v) is 16.9. The minimum atomic E-state index is -0.669. The molecule has 1 fully saturated rings. The number of likely N-dealkylation sites (N-methyl/N-ethyl adjacent to an activating group) is 1. The van der Waals surface area contributed by atoms with Gasteiger partial charge in [-0.1, -0.05) is 48.0 Å². The fraction of sp³-hybridized carbons (Fsp3) is 0.488. The average molecular weight is 757 g/mol. The highest BCUT2D eigenvalue weighted by molar-refractivity contribution is 7.15. The number of aliphatic carboxylic acids is 1. The number of rotatable bonds is 11. The number of hydrogen-bond acceptors (Lipinski definition) is 8. The number of imidazole rings is 1. The smallest absolute Gasteiger partial charge is 0.306 e. The fourth-order valence-electron chi connectivity index (χ4n) is 8.11. The van der Waals surface area contributed by atoms with Crippen LogP contribution in [0.3, 0.4) is 0 Å². The van der Waals surface area contributed by atoms with Crippen molar-refractivity contribution >= 4 is 40.6 Å². The summed E-state index contributed by atoms with van der Waals surface area (Å²) in [6, 6.07) is 12.4. The van der Waals surface area contributed by atoms with Gasteiger partial charge >= 0.3 is 5.97 Å². The molecule has 12 heteroatoms. The van der Waals surface area contributed by atoms with Gasteiger partial charge in [0, 0.05) is 67.3 Å². The number of nitrogens with zero attached hydrogens (tertiary/aromatic N) is 6. The first-order valence-electron chi connectivity index (χ1n) is 18.7. The molecule has 280 valence electrons. The summed E-state index contributed by atoms with van der Waals surface area (Å²) in [4.78, 5) is 55.5. The van der Waals surface area contributed by atoms with Crippen molar-refractivity contribution in [2.24, 2.45) is 18.9 Å². The first kappa shape index (κ1) is 37.4. The third-order valence-electron chi connectivity index (χ3n) is 11.7. The molecule has 4 heterocycles. The molecule has 2 aromatic heterocycles. The molecule has 1 N–H and O–H groups in total. The average Bonchev–Trinajstić information content (AvgIpc) is 3.81. The molecule has 53 heavy (non-hydrogen) atoms. The van der Waals surface area contributed by atoms with Crippen LogP contribution in [0.1, 0.15) is 83.2 Å². The third-order valence-corrected chi connectivity index (χ3v) is 13.2. The zero-order valence-corrected chi connectivity index (χ0v) is 32.9. The molecule has 0 bridgehead atoms. The minimum absolute atomic E-state index is 0.0642. The summed E-state index contributed by atoms with van der Waals surface area (Å²) < 4.78 is 1.96. The van der Waals surface area contributed by atoms with Gasteiger partial charge in [-0.15, -0.1) is 11.3 Å². The normalized spacial score (nSPS) is 18.8. The van der Waals surface area contributed by atoms with Gasteiger partial charge in [0.15, 0.2) is 5.82 Å². The second kappa shape index (κ2) is 15.5. The van der Waals surface area contributed by atoms with E-state index >= 15 is 0 Å². The van der Waals surface area contributed by atoms with E-state index in [0.29, 0.717) is 49.0 Å². The Morgan fingerprint density at radius 3 is 2.42 bits per heavy atom. The lowest BCUT2D eigenvalue weighted by atomic mass is 9.81. The van der Waals surface area contributed by atoms with Gasteiger partial charge in [0.25, 0.3) is 0 Å². The Morgan fingerprint density at radius 1 is 0.981 bits per heavy atom. The number of thiazole rings is 1. The van der Waals surface area contributed by atoms with E-state index in [-0.39, 0.29) is 24.0 Å². The van der Waals surface area contributed by atoms with Crippen LogP contribution in [0, 0.1) is 18.8 Å². The number of halogens is 1. The zero-order valence-electron chi connectivity index (χ0n) is 31.3. The highest BCUT2D eigenvalue weighted by Gasteiger charge is 2.31. The minimum Gasteiger partial charge on any atom is -0.481 e. The van der Waals surface area contributed by atoms with E-state index in [2.05, 4.69) is 42.7 Å². The topological polar surface area (TPSA) is 112 Å². The molecule has 1 aliphatic carbocycles. The molecule has 1 amide bonds. The molecule has 2 aromatic carbocycles. The monoisotopic (exact) mass is 756 g/mol. The number of carbonyl (C=O) groups is 3. The van der Waals surface area contributed by atoms with Crippen LogP contribution in [0.2, 0.25) is 5.02 Å². The largest absolute Gasteiger partial charge is 0.481 e. The number of aromatic nitrogens is 3. The SMILES string of the molecule is Cc1c(-c2nc3c(s2)CN(C(=O)CN(C)C(C)C)C3)cccc1-c1cccc(CC(=O)c2nc3c(n2C)CCN(CC2CCC(C(=O)O)CC2)C3)c1Cl. The lowest BCUT2D eigenvalue weighted by Crippen LogP contribution is -2.38. The summed E-state index contributed by atoms with van der Waals surface area (Å²) in [6.07, 6.45) is 4.38. The second-order valence-electron chi connectivity index (χ2n) is 15.4. The highest BCUT2D eigenvalue weighted by atomic mass is 35.5. The van der Waals surface area contributed by atoms with E-state index in [1.54, 1.807) is 11.3 Å². The Labute approximate surface area is 320 Å². The first-order chi connectivity index (χ1) is 25.4. The van der Waals surface area contributed by atoms with Crippen molar-refractivity contribution in [3.63, 3.8) is 0 Å². The van der Waals surface area contributed by atoms with Crippen LogP contribution in [-0.4, -0.2) is 84.7 Å². The van der Waals surface area contributed by atoms with E-state index in [4.69, 9.17) is 21.6 Å². The summed E-state index contributed by atoms with van der Waals surface area (Å²) in [6.45, 7) is 10.3. The molecule has 3 aliphatic rings. The van der Waals surface area contributed by atoms with Gasteiger partial charge in [0.2, 0.25) is 11.7 Å². The van der Waals surface area contributed by atoms with Gasteiger partial charge < -0.3 is 14.6 Å². The zero-order chi connectivity index (χ0) is 37.6. The van der Waals surface area contributed by atoms with Gasteiger partial charge in [0.1, 0.15) is 5.01 Å². The molecule has 7 rings (SSSR count). The molecule has 0 radical (unpaired) electrons. The molecule has 0 atom stereocenters. The summed E-state index contributed by atoms with van der Waals surface area (Å²) >= 11 is 8.76. The summed E-state index contributed by atoms with van der Waals surface area (Å²) in [5, 5.41) is 10.9. The van der Waals surface area contributed by atoms with Gasteiger partial charge in [-0.3, -0.25) is 24.2 Å². The Morgan fingerprint density at radius 2 is 1.70 bits per heavy atom. The fourth-order valence-corrected chi connectivity index (χ4v) is 9.57. The number of amides is 1. The van der Waals surface area contributed by atoms with Crippen LogP contribution in [0.15, 0.2) is 36.4 Å². The van der Waals surface area contributed by atoms with Gasteiger partial charge in [-0.2, -0.15) is 0 Å². The number of carboxylic acid groups (broad SMARTS) is 1. The van der Waals surface area contributed by atoms with Crippen molar-refractivity contribution in [1.82, 2.24) is 29.2 Å². The number of Topliss-reactive ketones (excluding diaryl/α,β-unsaturated/α-hetero) is 1. The molecule has 2 aliphatic heterocycles. The predicted octanol–water partition coefficient (Wildman–Crippen LogP) is 7.03. The predicted molar refractivity (Wildman–Crippen MR) is 208 cm³/mol. The Hall–Kier alpha value is -3.90. The van der Waals surface area contributed by atoms with Crippen molar-refractivity contribution < 1.29 is 19.5 Å². The molecule has 10 nitrogen and oxygen atoms in total. The van der Waals surface area contributed by atoms with Gasteiger partial charge in [0.05, 0.1) is 42.0 Å². The summed E-state index contributed by atoms with van der Waals surface area (Å²) in [7, 11) is 3.91. The maximum absolute atomic E-state index is 13.8. The van der Waals surface area contributed by atoms with Crippen molar-refractivity contribution in [2.75, 3.05) is 26.7 Å². The van der Waals surface area contributed by atoms with E-state index < -0.39 is 5.97 Å². The number of carboxylic acids is 1. The Bertz CT molecular complexity index is 2020. The standard InChI is InChI=1S/C41H49ClN6O4S/c1-24(2)45(4)23-37(50)48-21-33-36(22-48)53-40(44-33)30-10-7-9-29(25(30)3)31-11-6-8-28(38(31)42)18-35(49)39-43-32-20-47(17-16-34(32)46(39)5)19-26-12-14-27(15-13-26)41(51)52/h6-11,24,26-27H,12-23H2,1-5H3,(H,51,52). The van der Waals surface area contributed by atoms with Crippen LogP contribution in [0.5, 0.6) is 0 Å². The third kappa shape index (κ3) is 7.72.